The van der Waals surface area contributed by atoms with Crippen LogP contribution in [0.25, 0.3) is 10.9 Å². The third kappa shape index (κ3) is 7.03. The van der Waals surface area contributed by atoms with Gasteiger partial charge in [0.25, 0.3) is 5.69 Å². The first-order chi connectivity index (χ1) is 22.6. The number of ether oxygens (including phenoxy) is 1. The number of rotatable bonds is 12. The number of aromatic nitrogens is 1. The molecule has 2 heterocycles. The van der Waals surface area contributed by atoms with E-state index in [-0.39, 0.29) is 72.6 Å². The Morgan fingerprint density at radius 2 is 1.73 bits per heavy atom. The standard InChI is InChI=1S/C33H34F3N3O8S/c1-47-29-17-22(8-12-31(40)41)7-11-30(29)48(45,46)25-13-15-37(16-14-25)21-32(42,33(34,35)36)27-20-38(19-23-5-3-2-4-6-23)28-18-24(39(43)44)9-10-26(27)28/h2-7,9-11,17-18,20,25,42H,8,12-16,19,21H2,1H3,(H,40,41). The number of piperidine rings is 1. The van der Waals surface area contributed by atoms with Crippen LogP contribution in [0, 0.1) is 10.1 Å². The molecule has 1 atom stereocenters. The van der Waals surface area contributed by atoms with Crippen molar-refractivity contribution in [3.05, 3.63) is 99.7 Å². The van der Waals surface area contributed by atoms with Gasteiger partial charge in [-0.05, 0) is 61.7 Å². The summed E-state index contributed by atoms with van der Waals surface area (Å²) in [6.45, 7) is -0.906. The number of methoxy groups -OCH3 is 1. The van der Waals surface area contributed by atoms with Gasteiger partial charge >= 0.3 is 12.1 Å². The van der Waals surface area contributed by atoms with Crippen molar-refractivity contribution >= 4 is 32.4 Å². The smallest absolute Gasteiger partial charge is 0.422 e. The van der Waals surface area contributed by atoms with Crippen LogP contribution in [-0.4, -0.2) is 77.2 Å². The van der Waals surface area contributed by atoms with Gasteiger partial charge < -0.3 is 19.5 Å². The molecule has 0 amide bonds. The molecule has 1 fully saturated rings. The number of nitro benzene ring substituents is 1. The molecule has 11 nitrogen and oxygen atoms in total. The van der Waals surface area contributed by atoms with E-state index in [0.717, 1.165) is 11.6 Å². The van der Waals surface area contributed by atoms with Gasteiger partial charge in [0, 0.05) is 48.8 Å². The van der Waals surface area contributed by atoms with E-state index in [0.29, 0.717) is 5.56 Å². The number of hydrogen-bond donors (Lipinski definition) is 2. The molecule has 5 rings (SSSR count). The fourth-order valence-corrected chi connectivity index (χ4v) is 8.07. The van der Waals surface area contributed by atoms with Gasteiger partial charge in [-0.3, -0.25) is 19.8 Å². The van der Waals surface area contributed by atoms with Gasteiger partial charge in [0.1, 0.15) is 10.6 Å². The van der Waals surface area contributed by atoms with Gasteiger partial charge in [0.05, 0.1) is 22.8 Å². The van der Waals surface area contributed by atoms with Crippen LogP contribution in [0.15, 0.2) is 77.8 Å². The molecule has 0 saturated carbocycles. The lowest BCUT2D eigenvalue weighted by Gasteiger charge is -2.38. The summed E-state index contributed by atoms with van der Waals surface area (Å²) in [7, 11) is -2.68. The highest BCUT2D eigenvalue weighted by Crippen LogP contribution is 2.44. The minimum Gasteiger partial charge on any atom is -0.495 e. The molecule has 1 aromatic heterocycles. The van der Waals surface area contributed by atoms with Gasteiger partial charge in [-0.2, -0.15) is 13.2 Å². The number of carbonyl (C=O) groups is 1. The zero-order valence-electron chi connectivity index (χ0n) is 25.9. The molecular formula is C33H34F3N3O8S. The van der Waals surface area contributed by atoms with Crippen LogP contribution in [0.1, 0.15) is 36.0 Å². The second kappa shape index (κ2) is 13.6. The van der Waals surface area contributed by atoms with Crippen molar-refractivity contribution in [1.82, 2.24) is 9.47 Å². The normalized spacial score (nSPS) is 16.1. The van der Waals surface area contributed by atoms with Crippen LogP contribution in [0.5, 0.6) is 5.75 Å². The van der Waals surface area contributed by atoms with Gasteiger partial charge in [-0.1, -0.05) is 36.4 Å². The van der Waals surface area contributed by atoms with Crippen molar-refractivity contribution < 1.29 is 46.3 Å². The predicted molar refractivity (Wildman–Crippen MR) is 170 cm³/mol. The molecule has 0 spiro atoms. The summed E-state index contributed by atoms with van der Waals surface area (Å²) in [6.07, 6.45) is -3.97. The van der Waals surface area contributed by atoms with Gasteiger partial charge in [-0.25, -0.2) is 8.42 Å². The van der Waals surface area contributed by atoms with Crippen LogP contribution >= 0.6 is 0 Å². The maximum atomic E-state index is 14.9. The molecule has 1 aliphatic rings. The number of carboxylic acid groups (broad SMARTS) is 1. The first-order valence-corrected chi connectivity index (χ1v) is 16.6. The Kier molecular flexibility index (Phi) is 9.85. The Morgan fingerprint density at radius 1 is 1.04 bits per heavy atom. The molecule has 48 heavy (non-hydrogen) atoms. The number of likely N-dealkylation sites (tertiary alicyclic amines) is 1. The van der Waals surface area contributed by atoms with Crippen LogP contribution < -0.4 is 4.74 Å². The number of aryl methyl sites for hydroxylation is 1. The van der Waals surface area contributed by atoms with E-state index < -0.39 is 49.9 Å². The van der Waals surface area contributed by atoms with E-state index >= 15 is 0 Å². The highest BCUT2D eigenvalue weighted by atomic mass is 32.2. The number of β-amino-alcohol motifs (C(OH)–C–C–N with tert-alkyl or cyclic N) is 1. The van der Waals surface area contributed by atoms with E-state index in [4.69, 9.17) is 9.84 Å². The van der Waals surface area contributed by atoms with Crippen molar-refractivity contribution in [1.29, 1.82) is 0 Å². The fraction of sp³-hybridized carbons (Fsp3) is 0.364. The third-order valence-electron chi connectivity index (χ3n) is 8.77. The summed E-state index contributed by atoms with van der Waals surface area (Å²) in [5, 5.41) is 31.1. The Morgan fingerprint density at radius 3 is 2.33 bits per heavy atom. The number of halogens is 3. The number of alkyl halides is 3. The van der Waals surface area contributed by atoms with Crippen molar-refractivity contribution in [2.45, 2.75) is 54.2 Å². The fourth-order valence-electron chi connectivity index (χ4n) is 6.20. The molecule has 2 N–H and O–H groups in total. The molecule has 4 aromatic rings. The maximum absolute atomic E-state index is 14.9. The van der Waals surface area contributed by atoms with E-state index in [1.807, 2.05) is 0 Å². The first kappa shape index (κ1) is 34.9. The van der Waals surface area contributed by atoms with Crippen LogP contribution in [0.4, 0.5) is 18.9 Å². The molecule has 3 aromatic carbocycles. The Bertz CT molecular complexity index is 1920. The highest BCUT2D eigenvalue weighted by molar-refractivity contribution is 7.92. The number of non-ortho nitro benzene ring substituents is 1. The van der Waals surface area contributed by atoms with E-state index in [1.54, 1.807) is 30.3 Å². The Labute approximate surface area is 274 Å². The predicted octanol–water partition coefficient (Wildman–Crippen LogP) is 5.31. The maximum Gasteiger partial charge on any atom is 0.422 e. The largest absolute Gasteiger partial charge is 0.495 e. The summed E-state index contributed by atoms with van der Waals surface area (Å²) in [4.78, 5) is 23.1. The van der Waals surface area contributed by atoms with E-state index in [1.165, 1.54) is 53.1 Å². The number of aliphatic carboxylic acids is 1. The van der Waals surface area contributed by atoms with Gasteiger partial charge in [0.15, 0.2) is 9.84 Å². The average molecular weight is 690 g/mol. The van der Waals surface area contributed by atoms with Crippen molar-refractivity contribution in [3.63, 3.8) is 0 Å². The van der Waals surface area contributed by atoms with Crippen molar-refractivity contribution in [2.24, 2.45) is 0 Å². The number of hydrogen-bond acceptors (Lipinski definition) is 8. The molecule has 1 saturated heterocycles. The molecule has 15 heteroatoms. The zero-order chi connectivity index (χ0) is 34.9. The lowest BCUT2D eigenvalue weighted by Crippen LogP contribution is -2.53. The molecule has 1 unspecified atom stereocenters. The minimum absolute atomic E-state index is 0.00714. The number of sulfone groups is 1. The Hall–Kier alpha value is -4.47. The highest BCUT2D eigenvalue weighted by Gasteiger charge is 2.57. The monoisotopic (exact) mass is 689 g/mol. The summed E-state index contributed by atoms with van der Waals surface area (Å²) in [6, 6.07) is 16.7. The summed E-state index contributed by atoms with van der Waals surface area (Å²) < 4.78 is 78.6. The number of nitro groups is 1. The topological polar surface area (TPSA) is 152 Å². The first-order valence-electron chi connectivity index (χ1n) is 15.1. The van der Waals surface area contributed by atoms with Gasteiger partial charge in [0.2, 0.25) is 5.60 Å². The number of fused-ring (bicyclic) bond motifs is 1. The van der Waals surface area contributed by atoms with Crippen molar-refractivity contribution in [2.75, 3.05) is 26.7 Å². The lowest BCUT2D eigenvalue weighted by molar-refractivity contribution is -0.384. The van der Waals surface area contributed by atoms with E-state index in [9.17, 15) is 41.6 Å². The quantitative estimate of drug-likeness (QED) is 0.149. The van der Waals surface area contributed by atoms with Crippen LogP contribution in [0.3, 0.4) is 0 Å². The molecule has 1 aliphatic heterocycles. The van der Waals surface area contributed by atoms with Crippen molar-refractivity contribution in [3.8, 4) is 5.75 Å². The Balaban J connectivity index is 1.41. The molecule has 0 aliphatic carbocycles. The van der Waals surface area contributed by atoms with Crippen LogP contribution in [-0.2, 0) is 33.2 Å². The molecule has 0 bridgehead atoms. The summed E-state index contributed by atoms with van der Waals surface area (Å²) >= 11 is 0. The van der Waals surface area contributed by atoms with Crippen LogP contribution in [0.2, 0.25) is 0 Å². The lowest BCUT2D eigenvalue weighted by atomic mass is 9.91. The average Bonchev–Trinajstić information content (AvgIpc) is 3.41. The third-order valence-corrected chi connectivity index (χ3v) is 11.1. The second-order valence-corrected chi connectivity index (χ2v) is 14.1. The number of nitrogens with zero attached hydrogens (tertiary/aromatic N) is 3. The zero-order valence-corrected chi connectivity index (χ0v) is 26.7. The molecule has 0 radical (unpaired) electrons. The SMILES string of the molecule is COc1cc(CCC(=O)O)ccc1S(=O)(=O)C1CCN(CC(O)(c2cn(Cc3ccccc3)c3cc([N+](=O)[O-])ccc23)C(F)(F)F)CC1. The van der Waals surface area contributed by atoms with Gasteiger partial charge in [-0.15, -0.1) is 0 Å². The minimum atomic E-state index is -5.15. The van der Waals surface area contributed by atoms with E-state index in [2.05, 4.69) is 0 Å². The number of carboxylic acids is 1. The number of aliphatic hydroxyl groups is 1. The second-order valence-electron chi connectivity index (χ2n) is 11.9. The number of benzene rings is 3. The summed E-state index contributed by atoms with van der Waals surface area (Å²) in [5.41, 5.74) is -2.69. The molecular weight excluding hydrogens is 655 g/mol. The summed E-state index contributed by atoms with van der Waals surface area (Å²) in [5.74, 6) is -0.948. The molecule has 256 valence electrons.